The van der Waals surface area contributed by atoms with Gasteiger partial charge in [-0.2, -0.15) is 17.0 Å². The van der Waals surface area contributed by atoms with Crippen LogP contribution in [0.25, 0.3) is 0 Å². The molecule has 1 fully saturated rings. The Hall–Kier alpha value is -2.01. The van der Waals surface area contributed by atoms with E-state index in [1.54, 1.807) is 6.07 Å². The predicted octanol–water partition coefficient (Wildman–Crippen LogP) is 1.16. The Labute approximate surface area is 173 Å². The average Bonchev–Trinajstić information content (AvgIpc) is 2.65. The van der Waals surface area contributed by atoms with Crippen molar-refractivity contribution in [2.24, 2.45) is 0 Å². The third-order valence-corrected chi connectivity index (χ3v) is 7.26. The lowest BCUT2D eigenvalue weighted by Crippen LogP contribution is -2.54. The van der Waals surface area contributed by atoms with Crippen LogP contribution in [0.4, 0.5) is 10.5 Å². The van der Waals surface area contributed by atoms with Crippen molar-refractivity contribution in [3.05, 3.63) is 29.3 Å². The fraction of sp³-hybridized carbons (Fsp3) is 0.579. The highest BCUT2D eigenvalue weighted by atomic mass is 32.2. The SMILES string of the molecule is CCN(CC)S(=O)(=O)N1CCN(CC(=O)NC(=O)Nc2ccc(C)c(C)c2)CC1. The zero-order chi connectivity index (χ0) is 21.6. The number of imide groups is 1. The average molecular weight is 426 g/mol. The molecule has 0 bridgehead atoms. The van der Waals surface area contributed by atoms with E-state index in [0.717, 1.165) is 11.1 Å². The van der Waals surface area contributed by atoms with Gasteiger partial charge in [0.05, 0.1) is 6.54 Å². The van der Waals surface area contributed by atoms with Crippen LogP contribution in [0, 0.1) is 13.8 Å². The van der Waals surface area contributed by atoms with E-state index in [9.17, 15) is 18.0 Å². The number of aryl methyl sites for hydroxylation is 2. The third-order valence-electron chi connectivity index (χ3n) is 5.07. The van der Waals surface area contributed by atoms with E-state index in [1.165, 1.54) is 8.61 Å². The van der Waals surface area contributed by atoms with E-state index >= 15 is 0 Å². The largest absolute Gasteiger partial charge is 0.325 e. The van der Waals surface area contributed by atoms with Gasteiger partial charge in [-0.1, -0.05) is 19.9 Å². The van der Waals surface area contributed by atoms with Crippen LogP contribution in [-0.4, -0.2) is 79.7 Å². The quantitative estimate of drug-likeness (QED) is 0.682. The molecule has 1 aliphatic heterocycles. The lowest BCUT2D eigenvalue weighted by Gasteiger charge is -2.35. The van der Waals surface area contributed by atoms with Crippen molar-refractivity contribution in [2.45, 2.75) is 27.7 Å². The summed E-state index contributed by atoms with van der Waals surface area (Å²) in [6.45, 7) is 9.96. The second kappa shape index (κ2) is 10.1. The molecule has 2 N–H and O–H groups in total. The van der Waals surface area contributed by atoms with Gasteiger partial charge in [-0.3, -0.25) is 15.0 Å². The van der Waals surface area contributed by atoms with Gasteiger partial charge in [0.1, 0.15) is 0 Å². The molecule has 1 saturated heterocycles. The second-order valence-electron chi connectivity index (χ2n) is 7.07. The van der Waals surface area contributed by atoms with Gasteiger partial charge in [0.2, 0.25) is 5.91 Å². The van der Waals surface area contributed by atoms with E-state index in [1.807, 2.05) is 44.7 Å². The third kappa shape index (κ3) is 6.23. The Morgan fingerprint density at radius 3 is 2.21 bits per heavy atom. The summed E-state index contributed by atoms with van der Waals surface area (Å²) in [6.07, 6.45) is 0. The van der Waals surface area contributed by atoms with Gasteiger partial charge >= 0.3 is 6.03 Å². The molecule has 10 heteroatoms. The first-order valence-electron chi connectivity index (χ1n) is 9.83. The maximum atomic E-state index is 12.5. The predicted molar refractivity (Wildman–Crippen MR) is 113 cm³/mol. The van der Waals surface area contributed by atoms with Crippen molar-refractivity contribution >= 4 is 27.8 Å². The van der Waals surface area contributed by atoms with Gasteiger partial charge < -0.3 is 5.32 Å². The molecule has 0 unspecified atom stereocenters. The molecular formula is C19H31N5O4S. The summed E-state index contributed by atoms with van der Waals surface area (Å²) in [4.78, 5) is 26.0. The van der Waals surface area contributed by atoms with E-state index in [4.69, 9.17) is 0 Å². The number of rotatable bonds is 7. The van der Waals surface area contributed by atoms with E-state index in [0.29, 0.717) is 45.0 Å². The highest BCUT2D eigenvalue weighted by molar-refractivity contribution is 7.86. The molecule has 162 valence electrons. The molecule has 0 aromatic heterocycles. The van der Waals surface area contributed by atoms with Crippen LogP contribution in [0.15, 0.2) is 18.2 Å². The number of carbonyl (C=O) groups excluding carboxylic acids is 2. The van der Waals surface area contributed by atoms with Crippen LogP contribution in [0.2, 0.25) is 0 Å². The Morgan fingerprint density at radius 2 is 1.66 bits per heavy atom. The van der Waals surface area contributed by atoms with Crippen LogP contribution in [0.3, 0.4) is 0 Å². The van der Waals surface area contributed by atoms with Crippen LogP contribution in [-0.2, 0) is 15.0 Å². The van der Waals surface area contributed by atoms with E-state index < -0.39 is 22.1 Å². The molecular weight excluding hydrogens is 394 g/mol. The van der Waals surface area contributed by atoms with Gasteiger partial charge in [0.15, 0.2) is 0 Å². The number of amides is 3. The first kappa shape index (κ1) is 23.3. The normalized spacial score (nSPS) is 16.0. The van der Waals surface area contributed by atoms with E-state index in [-0.39, 0.29) is 6.54 Å². The molecule has 1 aliphatic rings. The van der Waals surface area contributed by atoms with Gasteiger partial charge in [0.25, 0.3) is 10.2 Å². The summed E-state index contributed by atoms with van der Waals surface area (Å²) in [5, 5.41) is 4.96. The topological polar surface area (TPSA) is 102 Å². The zero-order valence-corrected chi connectivity index (χ0v) is 18.4. The summed E-state index contributed by atoms with van der Waals surface area (Å²) in [5.41, 5.74) is 2.79. The first-order chi connectivity index (χ1) is 13.7. The Morgan fingerprint density at radius 1 is 1.03 bits per heavy atom. The fourth-order valence-corrected chi connectivity index (χ4v) is 4.79. The summed E-state index contributed by atoms with van der Waals surface area (Å²) in [5.74, 6) is -0.425. The van der Waals surface area contributed by atoms with Gasteiger partial charge in [-0.05, 0) is 37.1 Å². The summed E-state index contributed by atoms with van der Waals surface area (Å²) in [7, 11) is -3.46. The zero-order valence-electron chi connectivity index (χ0n) is 17.6. The molecule has 0 spiro atoms. The number of carbonyl (C=O) groups is 2. The van der Waals surface area contributed by atoms with Crippen molar-refractivity contribution in [1.29, 1.82) is 0 Å². The number of benzene rings is 1. The maximum absolute atomic E-state index is 12.5. The van der Waals surface area contributed by atoms with Crippen molar-refractivity contribution in [1.82, 2.24) is 18.8 Å². The van der Waals surface area contributed by atoms with E-state index in [2.05, 4.69) is 10.6 Å². The smallest absolute Gasteiger partial charge is 0.308 e. The number of nitrogens with zero attached hydrogens (tertiary/aromatic N) is 3. The number of nitrogens with one attached hydrogen (secondary N) is 2. The molecule has 0 atom stereocenters. The van der Waals surface area contributed by atoms with Crippen LogP contribution in [0.1, 0.15) is 25.0 Å². The Balaban J connectivity index is 1.80. The minimum atomic E-state index is -3.46. The van der Waals surface area contributed by atoms with Crippen LogP contribution in [0.5, 0.6) is 0 Å². The van der Waals surface area contributed by atoms with Crippen molar-refractivity contribution in [3.63, 3.8) is 0 Å². The minimum absolute atomic E-state index is 0.0412. The second-order valence-corrected chi connectivity index (χ2v) is 9.00. The van der Waals surface area contributed by atoms with Crippen molar-refractivity contribution < 1.29 is 18.0 Å². The maximum Gasteiger partial charge on any atom is 0.325 e. The molecule has 1 heterocycles. The Bertz CT molecular complexity index is 831. The summed E-state index contributed by atoms with van der Waals surface area (Å²) >= 11 is 0. The fourth-order valence-electron chi connectivity index (χ4n) is 3.18. The van der Waals surface area contributed by atoms with Gasteiger partial charge in [-0.25, -0.2) is 4.79 Å². The highest BCUT2D eigenvalue weighted by Crippen LogP contribution is 2.14. The molecule has 2 rings (SSSR count). The molecule has 1 aromatic carbocycles. The number of hydrogen-bond donors (Lipinski definition) is 2. The number of anilines is 1. The highest BCUT2D eigenvalue weighted by Gasteiger charge is 2.31. The van der Waals surface area contributed by atoms with Gasteiger partial charge in [-0.15, -0.1) is 0 Å². The summed E-state index contributed by atoms with van der Waals surface area (Å²) < 4.78 is 28.0. The molecule has 0 radical (unpaired) electrons. The lowest BCUT2D eigenvalue weighted by molar-refractivity contribution is -0.121. The Kier molecular flexibility index (Phi) is 8.14. The molecule has 1 aromatic rings. The lowest BCUT2D eigenvalue weighted by atomic mass is 10.1. The molecule has 3 amide bonds. The molecule has 29 heavy (non-hydrogen) atoms. The number of piperazine rings is 1. The minimum Gasteiger partial charge on any atom is -0.308 e. The summed E-state index contributed by atoms with van der Waals surface area (Å²) in [6, 6.07) is 4.94. The molecule has 9 nitrogen and oxygen atoms in total. The number of urea groups is 1. The van der Waals surface area contributed by atoms with Crippen LogP contribution < -0.4 is 10.6 Å². The standard InChI is InChI=1S/C19H31N5O4S/c1-5-23(6-2)29(27,28)24-11-9-22(10-12-24)14-18(25)21-19(26)20-17-8-7-15(3)16(4)13-17/h7-8,13H,5-6,9-12,14H2,1-4H3,(H2,20,21,25,26). The monoisotopic (exact) mass is 425 g/mol. The first-order valence-corrected chi connectivity index (χ1v) is 11.2. The number of hydrogen-bond acceptors (Lipinski definition) is 5. The van der Waals surface area contributed by atoms with Crippen molar-refractivity contribution in [2.75, 3.05) is 51.1 Å². The van der Waals surface area contributed by atoms with Gasteiger partial charge in [0, 0.05) is 45.0 Å². The van der Waals surface area contributed by atoms with Crippen LogP contribution >= 0.6 is 0 Å². The molecule has 0 saturated carbocycles. The van der Waals surface area contributed by atoms with Crippen molar-refractivity contribution in [3.8, 4) is 0 Å². The molecule has 0 aliphatic carbocycles.